The van der Waals surface area contributed by atoms with Crippen LogP contribution in [0, 0.1) is 5.92 Å². The summed E-state index contributed by atoms with van der Waals surface area (Å²) < 4.78 is 0. The molecule has 1 atom stereocenters. The Morgan fingerprint density at radius 3 is 2.25 bits per heavy atom. The first-order chi connectivity index (χ1) is 9.45. The Morgan fingerprint density at radius 2 is 1.70 bits per heavy atom. The van der Waals surface area contributed by atoms with Crippen LogP contribution in [0.25, 0.3) is 0 Å². The molecule has 0 bridgehead atoms. The van der Waals surface area contributed by atoms with Crippen molar-refractivity contribution in [1.29, 1.82) is 0 Å². The van der Waals surface area contributed by atoms with Crippen molar-refractivity contribution in [2.75, 3.05) is 0 Å². The Kier molecular flexibility index (Phi) is 5.26. The minimum absolute atomic E-state index is 0.170. The maximum absolute atomic E-state index is 10.2. The van der Waals surface area contributed by atoms with Gasteiger partial charge in [-0.15, -0.1) is 0 Å². The van der Waals surface area contributed by atoms with Gasteiger partial charge in [-0.2, -0.15) is 0 Å². The molecule has 1 aromatic carbocycles. The Bertz CT molecular complexity index is 393. The van der Waals surface area contributed by atoms with E-state index in [1.807, 2.05) is 0 Å². The van der Waals surface area contributed by atoms with Crippen molar-refractivity contribution < 1.29 is 5.11 Å². The highest BCUT2D eigenvalue weighted by Gasteiger charge is 2.17. The fourth-order valence-corrected chi connectivity index (χ4v) is 3.24. The van der Waals surface area contributed by atoms with Crippen LogP contribution in [0.15, 0.2) is 24.3 Å². The van der Waals surface area contributed by atoms with Gasteiger partial charge in [-0.3, -0.25) is 0 Å². The van der Waals surface area contributed by atoms with E-state index in [2.05, 4.69) is 45.0 Å². The van der Waals surface area contributed by atoms with Crippen LogP contribution in [-0.2, 0) is 11.8 Å². The highest BCUT2D eigenvalue weighted by Crippen LogP contribution is 2.29. The smallest absolute Gasteiger partial charge is 0.0580 e. The molecule has 1 aliphatic carbocycles. The predicted octanol–water partition coefficient (Wildman–Crippen LogP) is 4.86. The molecule has 2 rings (SSSR count). The zero-order chi connectivity index (χ0) is 14.6. The molecule has 0 heterocycles. The maximum atomic E-state index is 10.2. The summed E-state index contributed by atoms with van der Waals surface area (Å²) in [6, 6.07) is 8.77. The lowest BCUT2D eigenvalue weighted by Crippen LogP contribution is -2.13. The third kappa shape index (κ3) is 4.63. The minimum atomic E-state index is -0.170. The first kappa shape index (κ1) is 15.6. The molecular formula is C19H30O. The van der Waals surface area contributed by atoms with E-state index in [0.717, 1.165) is 18.8 Å². The second kappa shape index (κ2) is 6.76. The van der Waals surface area contributed by atoms with Crippen molar-refractivity contribution in [3.05, 3.63) is 35.4 Å². The Hall–Kier alpha value is -0.820. The van der Waals surface area contributed by atoms with E-state index in [9.17, 15) is 5.11 Å². The quantitative estimate of drug-likeness (QED) is 0.813. The molecule has 1 nitrogen and oxygen atoms in total. The molecule has 0 aromatic heterocycles. The van der Waals surface area contributed by atoms with Gasteiger partial charge in [0.25, 0.3) is 0 Å². The summed E-state index contributed by atoms with van der Waals surface area (Å²) in [5.74, 6) is 0.882. The van der Waals surface area contributed by atoms with Crippen molar-refractivity contribution in [2.45, 2.75) is 77.2 Å². The molecule has 0 spiro atoms. The lowest BCUT2D eigenvalue weighted by atomic mass is 9.86. The van der Waals surface area contributed by atoms with Crippen LogP contribution in [0.3, 0.4) is 0 Å². The van der Waals surface area contributed by atoms with E-state index in [4.69, 9.17) is 0 Å². The van der Waals surface area contributed by atoms with Gasteiger partial charge in [-0.25, -0.2) is 0 Å². The van der Waals surface area contributed by atoms with E-state index >= 15 is 0 Å². The summed E-state index contributed by atoms with van der Waals surface area (Å²) in [6.07, 6.45) is 8.37. The molecule has 0 saturated heterocycles. The Labute approximate surface area is 124 Å². The third-order valence-electron chi connectivity index (χ3n) is 4.67. The number of hydrogen-bond acceptors (Lipinski definition) is 1. The van der Waals surface area contributed by atoms with Crippen LogP contribution in [0.5, 0.6) is 0 Å². The largest absolute Gasteiger partial charge is 0.393 e. The van der Waals surface area contributed by atoms with Crippen LogP contribution < -0.4 is 0 Å². The number of rotatable bonds is 5. The number of aliphatic hydroxyl groups is 1. The fourth-order valence-electron chi connectivity index (χ4n) is 3.24. The van der Waals surface area contributed by atoms with Crippen LogP contribution in [0.4, 0.5) is 0 Å². The van der Waals surface area contributed by atoms with E-state index < -0.39 is 0 Å². The molecule has 1 fully saturated rings. The fraction of sp³-hybridized carbons (Fsp3) is 0.684. The summed E-state index contributed by atoms with van der Waals surface area (Å²) >= 11 is 0. The molecule has 1 unspecified atom stereocenters. The predicted molar refractivity (Wildman–Crippen MR) is 86.0 cm³/mol. The van der Waals surface area contributed by atoms with Crippen LogP contribution >= 0.6 is 0 Å². The van der Waals surface area contributed by atoms with Gasteiger partial charge in [0.15, 0.2) is 0 Å². The normalized spacial score (nSPS) is 18.4. The van der Waals surface area contributed by atoms with Crippen molar-refractivity contribution in [2.24, 2.45) is 5.92 Å². The van der Waals surface area contributed by atoms with Crippen molar-refractivity contribution in [1.82, 2.24) is 0 Å². The second-order valence-corrected chi connectivity index (χ2v) is 7.53. The highest BCUT2D eigenvalue weighted by atomic mass is 16.3. The molecule has 0 amide bonds. The summed E-state index contributed by atoms with van der Waals surface area (Å²) in [5.41, 5.74) is 2.83. The number of benzene rings is 1. The number of hydrogen-bond donors (Lipinski definition) is 1. The zero-order valence-corrected chi connectivity index (χ0v) is 13.4. The van der Waals surface area contributed by atoms with Crippen molar-refractivity contribution >= 4 is 0 Å². The molecule has 0 radical (unpaired) electrons. The van der Waals surface area contributed by atoms with Gasteiger partial charge >= 0.3 is 0 Å². The monoisotopic (exact) mass is 274 g/mol. The van der Waals surface area contributed by atoms with E-state index in [1.54, 1.807) is 0 Å². The molecule has 0 aliphatic heterocycles. The lowest BCUT2D eigenvalue weighted by Gasteiger charge is -2.19. The molecule has 1 saturated carbocycles. The van der Waals surface area contributed by atoms with Gasteiger partial charge in [0.2, 0.25) is 0 Å². The maximum Gasteiger partial charge on any atom is 0.0580 e. The summed E-state index contributed by atoms with van der Waals surface area (Å²) in [4.78, 5) is 0. The summed E-state index contributed by atoms with van der Waals surface area (Å²) in [6.45, 7) is 6.70. The van der Waals surface area contributed by atoms with Crippen LogP contribution in [0.1, 0.15) is 70.4 Å². The molecule has 20 heavy (non-hydrogen) atoms. The van der Waals surface area contributed by atoms with Gasteiger partial charge in [0.1, 0.15) is 0 Å². The van der Waals surface area contributed by atoms with Gasteiger partial charge in [0.05, 0.1) is 6.10 Å². The first-order valence-corrected chi connectivity index (χ1v) is 8.22. The molecule has 1 aromatic rings. The average Bonchev–Trinajstić information content (AvgIpc) is 2.89. The Morgan fingerprint density at radius 1 is 1.10 bits per heavy atom. The second-order valence-electron chi connectivity index (χ2n) is 7.53. The third-order valence-corrected chi connectivity index (χ3v) is 4.67. The molecule has 112 valence electrons. The first-order valence-electron chi connectivity index (χ1n) is 8.22. The van der Waals surface area contributed by atoms with Gasteiger partial charge in [0, 0.05) is 0 Å². The topological polar surface area (TPSA) is 20.2 Å². The van der Waals surface area contributed by atoms with Crippen LogP contribution in [0.2, 0.25) is 0 Å². The van der Waals surface area contributed by atoms with Crippen LogP contribution in [-0.4, -0.2) is 11.2 Å². The molecule has 1 aliphatic rings. The summed E-state index contributed by atoms with van der Waals surface area (Å²) in [5, 5.41) is 10.2. The molecule has 1 heteroatoms. The van der Waals surface area contributed by atoms with E-state index in [0.29, 0.717) is 0 Å². The molecular weight excluding hydrogens is 244 g/mol. The molecule has 1 N–H and O–H groups in total. The highest BCUT2D eigenvalue weighted by molar-refractivity contribution is 5.27. The van der Waals surface area contributed by atoms with Gasteiger partial charge in [-0.1, -0.05) is 70.7 Å². The average molecular weight is 274 g/mol. The Balaban J connectivity index is 1.80. The van der Waals surface area contributed by atoms with Crippen molar-refractivity contribution in [3.63, 3.8) is 0 Å². The standard InChI is InChI=1S/C19H30O/c1-19(2,3)17-11-8-16(9-12-17)14-18(20)13-10-15-6-4-5-7-15/h8-9,11-12,15,18,20H,4-7,10,13-14H2,1-3H3. The zero-order valence-electron chi connectivity index (χ0n) is 13.4. The number of aliphatic hydroxyl groups excluding tert-OH is 1. The van der Waals surface area contributed by atoms with Gasteiger partial charge in [-0.05, 0) is 41.7 Å². The van der Waals surface area contributed by atoms with Gasteiger partial charge < -0.3 is 5.11 Å². The summed E-state index contributed by atoms with van der Waals surface area (Å²) in [7, 11) is 0. The van der Waals surface area contributed by atoms with E-state index in [-0.39, 0.29) is 11.5 Å². The SMILES string of the molecule is CC(C)(C)c1ccc(CC(O)CCC2CCCC2)cc1. The van der Waals surface area contributed by atoms with Crippen molar-refractivity contribution in [3.8, 4) is 0 Å². The minimum Gasteiger partial charge on any atom is -0.393 e. The lowest BCUT2D eigenvalue weighted by molar-refractivity contribution is 0.155. The van der Waals surface area contributed by atoms with E-state index in [1.165, 1.54) is 43.2 Å².